The fraction of sp³-hybridized carbons (Fsp3) is 0.690. The van der Waals surface area contributed by atoms with E-state index in [1.54, 1.807) is 4.90 Å². The maximum absolute atomic E-state index is 13.7. The van der Waals surface area contributed by atoms with Crippen molar-refractivity contribution in [1.82, 2.24) is 15.5 Å². The quantitative estimate of drug-likeness (QED) is 0.423. The number of morpholine rings is 1. The standard InChI is InChI=1S/C29H46BN3O7/c1-27(2,3)32-26(36)38-22(20-24(34)33-16-18-37-19-17-33)25(35)31-23(15-11-14-21-12-9-8-10-13-21)30-39-28(4,5)29(6,7)40-30/h8-10,12-13,22-23H,11,14-20H2,1-7H3,(H,31,35)(H,32,36)/t22-,23+/m1/s1. The molecule has 222 valence electrons. The minimum absolute atomic E-state index is 0.274. The number of benzene rings is 1. The van der Waals surface area contributed by atoms with Crippen molar-refractivity contribution in [3.63, 3.8) is 0 Å². The fourth-order valence-corrected chi connectivity index (χ4v) is 4.53. The molecule has 0 spiro atoms. The first kappa shape index (κ1) is 31.9. The highest BCUT2D eigenvalue weighted by Crippen LogP contribution is 2.38. The second-order valence-electron chi connectivity index (χ2n) is 12.6. The third-order valence-corrected chi connectivity index (χ3v) is 7.49. The summed E-state index contributed by atoms with van der Waals surface area (Å²) in [6.07, 6.45) is -0.215. The number of nitrogens with one attached hydrogen (secondary N) is 2. The van der Waals surface area contributed by atoms with Gasteiger partial charge < -0.3 is 34.3 Å². The third-order valence-electron chi connectivity index (χ3n) is 7.49. The monoisotopic (exact) mass is 559 g/mol. The van der Waals surface area contributed by atoms with Gasteiger partial charge in [0.1, 0.15) is 0 Å². The van der Waals surface area contributed by atoms with Crippen LogP contribution in [0.3, 0.4) is 0 Å². The summed E-state index contributed by atoms with van der Waals surface area (Å²) in [7, 11) is -0.705. The normalized spacial score (nSPS) is 20.0. The zero-order chi connectivity index (χ0) is 29.6. The number of ether oxygens (including phenoxy) is 2. The summed E-state index contributed by atoms with van der Waals surface area (Å²) in [5.74, 6) is -1.36. The number of rotatable bonds is 10. The van der Waals surface area contributed by atoms with Crippen molar-refractivity contribution in [2.24, 2.45) is 0 Å². The van der Waals surface area contributed by atoms with Crippen LogP contribution in [0.4, 0.5) is 4.79 Å². The number of carbonyl (C=O) groups excluding carboxylic acids is 3. The molecule has 3 amide bonds. The predicted molar refractivity (Wildman–Crippen MR) is 153 cm³/mol. The Kier molecular flexibility index (Phi) is 10.7. The molecule has 1 aromatic rings. The van der Waals surface area contributed by atoms with Crippen LogP contribution in [0.15, 0.2) is 30.3 Å². The molecule has 0 aliphatic carbocycles. The van der Waals surface area contributed by atoms with Crippen molar-refractivity contribution < 1.29 is 33.2 Å². The molecular formula is C29H46BN3O7. The second-order valence-corrected chi connectivity index (χ2v) is 12.6. The number of nitrogens with zero attached hydrogens (tertiary/aromatic N) is 1. The Hall–Kier alpha value is -2.63. The van der Waals surface area contributed by atoms with Crippen molar-refractivity contribution in [2.45, 2.75) is 103 Å². The van der Waals surface area contributed by atoms with Crippen molar-refractivity contribution in [2.75, 3.05) is 26.3 Å². The molecule has 1 aromatic carbocycles. The molecule has 3 rings (SSSR count). The lowest BCUT2D eigenvalue weighted by Gasteiger charge is -2.32. The molecule has 2 atom stereocenters. The Morgan fingerprint density at radius 2 is 1.62 bits per heavy atom. The van der Waals surface area contributed by atoms with E-state index in [4.69, 9.17) is 18.8 Å². The molecule has 0 saturated carbocycles. The van der Waals surface area contributed by atoms with Crippen molar-refractivity contribution in [1.29, 1.82) is 0 Å². The Balaban J connectivity index is 1.76. The van der Waals surface area contributed by atoms with Gasteiger partial charge in [-0.15, -0.1) is 0 Å². The van der Waals surface area contributed by atoms with E-state index in [1.165, 1.54) is 5.56 Å². The summed E-state index contributed by atoms with van der Waals surface area (Å²) in [5, 5.41) is 5.71. The molecule has 2 saturated heterocycles. The molecule has 0 radical (unpaired) electrons. The summed E-state index contributed by atoms with van der Waals surface area (Å²) in [5.41, 5.74) is -0.559. The lowest BCUT2D eigenvalue weighted by atomic mass is 9.75. The highest BCUT2D eigenvalue weighted by Gasteiger charge is 2.54. The van der Waals surface area contributed by atoms with E-state index in [0.29, 0.717) is 32.7 Å². The molecule has 10 nitrogen and oxygen atoms in total. The SMILES string of the molecule is CC(C)(C)NC(=O)O[C@H](CC(=O)N1CCOCC1)C(=O)N[C@@H](CCCc1ccccc1)B1OC(C)(C)C(C)(C)O1. The molecule has 2 fully saturated rings. The topological polar surface area (TPSA) is 115 Å². The first-order chi connectivity index (χ1) is 18.7. The van der Waals surface area contributed by atoms with E-state index in [1.807, 2.05) is 66.7 Å². The van der Waals surface area contributed by atoms with Crippen LogP contribution in [-0.4, -0.2) is 85.0 Å². The van der Waals surface area contributed by atoms with E-state index < -0.39 is 47.9 Å². The van der Waals surface area contributed by atoms with Gasteiger partial charge in [0, 0.05) is 18.6 Å². The molecule has 2 heterocycles. The average Bonchev–Trinajstić information content (AvgIpc) is 3.09. The third kappa shape index (κ3) is 9.21. The minimum Gasteiger partial charge on any atom is -0.436 e. The Bertz CT molecular complexity index is 991. The van der Waals surface area contributed by atoms with Gasteiger partial charge in [0.25, 0.3) is 5.91 Å². The van der Waals surface area contributed by atoms with E-state index in [0.717, 1.165) is 12.8 Å². The lowest BCUT2D eigenvalue weighted by Crippen LogP contribution is -2.53. The maximum Gasteiger partial charge on any atom is 0.481 e. The van der Waals surface area contributed by atoms with Crippen LogP contribution >= 0.6 is 0 Å². The van der Waals surface area contributed by atoms with Crippen molar-refractivity contribution in [3.8, 4) is 0 Å². The number of amides is 3. The van der Waals surface area contributed by atoms with Crippen LogP contribution in [0.25, 0.3) is 0 Å². The van der Waals surface area contributed by atoms with Crippen LogP contribution in [0.1, 0.15) is 73.3 Å². The molecule has 2 aliphatic heterocycles. The summed E-state index contributed by atoms with van der Waals surface area (Å²) in [4.78, 5) is 41.0. The van der Waals surface area contributed by atoms with Gasteiger partial charge >= 0.3 is 13.2 Å². The first-order valence-corrected chi connectivity index (χ1v) is 14.2. The summed E-state index contributed by atoms with van der Waals surface area (Å²) in [6.45, 7) is 15.0. The largest absolute Gasteiger partial charge is 0.481 e. The zero-order valence-corrected chi connectivity index (χ0v) is 25.1. The van der Waals surface area contributed by atoms with Gasteiger partial charge in [-0.25, -0.2) is 4.79 Å². The van der Waals surface area contributed by atoms with Gasteiger partial charge in [-0.3, -0.25) is 9.59 Å². The molecule has 40 heavy (non-hydrogen) atoms. The minimum atomic E-state index is -1.32. The number of alkyl carbamates (subject to hydrolysis) is 1. The van der Waals surface area contributed by atoms with Gasteiger partial charge in [-0.1, -0.05) is 30.3 Å². The Morgan fingerprint density at radius 3 is 2.20 bits per heavy atom. The highest BCUT2D eigenvalue weighted by molar-refractivity contribution is 6.48. The van der Waals surface area contributed by atoms with Crippen molar-refractivity contribution in [3.05, 3.63) is 35.9 Å². The van der Waals surface area contributed by atoms with E-state index in [-0.39, 0.29) is 12.3 Å². The smallest absolute Gasteiger partial charge is 0.436 e. The van der Waals surface area contributed by atoms with E-state index in [9.17, 15) is 14.4 Å². The number of hydrogen-bond acceptors (Lipinski definition) is 7. The van der Waals surface area contributed by atoms with Gasteiger partial charge in [-0.05, 0) is 73.3 Å². The van der Waals surface area contributed by atoms with Crippen LogP contribution in [0.2, 0.25) is 0 Å². The maximum atomic E-state index is 13.7. The molecular weight excluding hydrogens is 513 g/mol. The van der Waals surface area contributed by atoms with Crippen LogP contribution in [0, 0.1) is 0 Å². The van der Waals surface area contributed by atoms with Gasteiger partial charge in [0.2, 0.25) is 5.91 Å². The number of carbonyl (C=O) groups is 3. The summed E-state index contributed by atoms with van der Waals surface area (Å²) >= 11 is 0. The lowest BCUT2D eigenvalue weighted by molar-refractivity contribution is -0.142. The van der Waals surface area contributed by atoms with Gasteiger partial charge in [0.15, 0.2) is 6.10 Å². The second kappa shape index (κ2) is 13.4. The van der Waals surface area contributed by atoms with E-state index >= 15 is 0 Å². The Morgan fingerprint density at radius 1 is 1.02 bits per heavy atom. The molecule has 0 unspecified atom stereocenters. The van der Waals surface area contributed by atoms with E-state index in [2.05, 4.69) is 22.8 Å². The predicted octanol–water partition coefficient (Wildman–Crippen LogP) is 3.27. The van der Waals surface area contributed by atoms with Crippen LogP contribution in [0.5, 0.6) is 0 Å². The molecule has 0 bridgehead atoms. The Labute approximate surface area is 239 Å². The van der Waals surface area contributed by atoms with Crippen molar-refractivity contribution >= 4 is 25.0 Å². The average molecular weight is 560 g/mol. The molecule has 2 aliphatic rings. The van der Waals surface area contributed by atoms with Crippen LogP contribution < -0.4 is 10.6 Å². The fourth-order valence-electron chi connectivity index (χ4n) is 4.53. The number of hydrogen-bond donors (Lipinski definition) is 2. The molecule has 0 aromatic heterocycles. The van der Waals surface area contributed by atoms with Crippen LogP contribution in [-0.2, 0) is 34.8 Å². The zero-order valence-electron chi connectivity index (χ0n) is 25.1. The molecule has 11 heteroatoms. The first-order valence-electron chi connectivity index (χ1n) is 14.2. The summed E-state index contributed by atoms with van der Waals surface area (Å²) < 4.78 is 23.5. The van der Waals surface area contributed by atoms with Gasteiger partial charge in [-0.2, -0.15) is 0 Å². The molecule has 2 N–H and O–H groups in total. The highest BCUT2D eigenvalue weighted by atomic mass is 16.7. The number of aryl methyl sites for hydroxylation is 1. The summed E-state index contributed by atoms with van der Waals surface area (Å²) in [6, 6.07) is 10.1. The van der Waals surface area contributed by atoms with Gasteiger partial charge in [0.05, 0.1) is 36.8 Å².